The minimum Gasteiger partial charge on any atom is -0.372 e. The van der Waals surface area contributed by atoms with Gasteiger partial charge in [-0.2, -0.15) is 0 Å². The van der Waals surface area contributed by atoms with Gasteiger partial charge >= 0.3 is 0 Å². The topological polar surface area (TPSA) is 24.1 Å². The minimum atomic E-state index is 0.600. The molecule has 84 valence electrons. The molecule has 1 rings (SSSR count). The Balaban J connectivity index is 2.81. The molecule has 0 heterocycles. The largest absolute Gasteiger partial charge is 0.372 e. The van der Waals surface area contributed by atoms with Crippen LogP contribution in [-0.4, -0.2) is 23.5 Å². The molecule has 0 radical (unpaired) electrons. The van der Waals surface area contributed by atoms with E-state index >= 15 is 0 Å². The Morgan fingerprint density at radius 2 is 2.07 bits per heavy atom. The summed E-state index contributed by atoms with van der Waals surface area (Å²) in [6.07, 6.45) is 0. The fourth-order valence-electron chi connectivity index (χ4n) is 1.88. The van der Waals surface area contributed by atoms with E-state index in [2.05, 4.69) is 49.6 Å². The summed E-state index contributed by atoms with van der Waals surface area (Å²) in [6.45, 7) is 8.49. The van der Waals surface area contributed by atoms with E-state index < -0.39 is 0 Å². The molecule has 1 aromatic rings. The maximum atomic E-state index is 3.45. The number of nitrogens with one attached hydrogen (secondary N) is 2. The lowest BCUT2D eigenvalue weighted by Gasteiger charge is -2.17. The molecule has 0 aliphatic carbocycles. The van der Waals surface area contributed by atoms with Crippen molar-refractivity contribution in [3.63, 3.8) is 0 Å². The summed E-state index contributed by atoms with van der Waals surface area (Å²) in [5, 5.41) is 8.24. The number of benzene rings is 1. The quantitative estimate of drug-likeness (QED) is 0.437. The highest BCUT2D eigenvalue weighted by Crippen LogP contribution is 2.21. The Bertz CT molecular complexity index is 310. The van der Waals surface area contributed by atoms with Gasteiger partial charge < -0.3 is 10.6 Å². The standard InChI is InChI=1S/C12H22N2Si/c1-4-13-8-14-10-6-5-7-11(15)12(10)9(2)3/h5-7,9,13-14H,4,8H2,1-3,15H3. The van der Waals surface area contributed by atoms with Crippen LogP contribution in [0.1, 0.15) is 32.3 Å². The van der Waals surface area contributed by atoms with E-state index in [9.17, 15) is 0 Å². The van der Waals surface area contributed by atoms with Gasteiger partial charge in [0.1, 0.15) is 0 Å². The van der Waals surface area contributed by atoms with Crippen LogP contribution in [0.4, 0.5) is 5.69 Å². The van der Waals surface area contributed by atoms with Gasteiger partial charge in [0.15, 0.2) is 0 Å². The summed E-state index contributed by atoms with van der Waals surface area (Å²) in [6, 6.07) is 6.55. The summed E-state index contributed by atoms with van der Waals surface area (Å²) in [4.78, 5) is 0. The second-order valence-corrected chi connectivity index (χ2v) is 5.23. The van der Waals surface area contributed by atoms with E-state index in [1.54, 1.807) is 0 Å². The third-order valence-electron chi connectivity index (χ3n) is 2.56. The molecule has 1 aromatic carbocycles. The lowest BCUT2D eigenvalue weighted by atomic mass is 10.0. The van der Waals surface area contributed by atoms with E-state index in [-0.39, 0.29) is 0 Å². The highest BCUT2D eigenvalue weighted by molar-refractivity contribution is 6.33. The summed E-state index contributed by atoms with van der Waals surface area (Å²) in [5.74, 6) is 0.600. The van der Waals surface area contributed by atoms with Gasteiger partial charge in [0.2, 0.25) is 0 Å². The predicted molar refractivity (Wildman–Crippen MR) is 72.3 cm³/mol. The molecule has 0 unspecified atom stereocenters. The average molecular weight is 222 g/mol. The monoisotopic (exact) mass is 222 g/mol. The van der Waals surface area contributed by atoms with Crippen molar-refractivity contribution >= 4 is 21.1 Å². The lowest BCUT2D eigenvalue weighted by Crippen LogP contribution is -2.23. The van der Waals surface area contributed by atoms with Crippen LogP contribution in [0.15, 0.2) is 18.2 Å². The van der Waals surface area contributed by atoms with E-state index in [0.29, 0.717) is 5.92 Å². The van der Waals surface area contributed by atoms with Crippen molar-refractivity contribution in [3.05, 3.63) is 23.8 Å². The first-order valence-corrected chi connectivity index (χ1v) is 6.71. The minimum absolute atomic E-state index is 0.600. The van der Waals surface area contributed by atoms with Gasteiger partial charge in [0.25, 0.3) is 0 Å². The molecule has 0 aliphatic rings. The number of rotatable bonds is 5. The van der Waals surface area contributed by atoms with Gasteiger partial charge in [0, 0.05) is 15.9 Å². The van der Waals surface area contributed by atoms with E-state index in [1.807, 2.05) is 0 Å². The highest BCUT2D eigenvalue weighted by Gasteiger charge is 2.08. The van der Waals surface area contributed by atoms with Crippen molar-refractivity contribution in [1.29, 1.82) is 0 Å². The smallest absolute Gasteiger partial charge is 0.0653 e. The maximum Gasteiger partial charge on any atom is 0.0653 e. The molecule has 15 heavy (non-hydrogen) atoms. The van der Waals surface area contributed by atoms with E-state index in [4.69, 9.17) is 0 Å². The Kier molecular flexibility index (Phi) is 4.85. The first kappa shape index (κ1) is 12.3. The molecule has 0 atom stereocenters. The highest BCUT2D eigenvalue weighted by atomic mass is 28.1. The van der Waals surface area contributed by atoms with Gasteiger partial charge in [-0.15, -0.1) is 0 Å². The van der Waals surface area contributed by atoms with Crippen LogP contribution < -0.4 is 15.8 Å². The maximum absolute atomic E-state index is 3.45. The summed E-state index contributed by atoms with van der Waals surface area (Å²) in [5.41, 5.74) is 2.78. The third-order valence-corrected chi connectivity index (χ3v) is 3.43. The summed E-state index contributed by atoms with van der Waals surface area (Å²) < 4.78 is 0. The summed E-state index contributed by atoms with van der Waals surface area (Å²) in [7, 11) is 1.12. The van der Waals surface area contributed by atoms with Crippen LogP contribution in [0.25, 0.3) is 0 Å². The number of anilines is 1. The van der Waals surface area contributed by atoms with Crippen LogP contribution >= 0.6 is 0 Å². The first-order chi connectivity index (χ1) is 7.16. The third kappa shape index (κ3) is 3.36. The molecule has 0 bridgehead atoms. The normalized spacial score (nSPS) is 10.9. The van der Waals surface area contributed by atoms with Crippen molar-refractivity contribution in [2.24, 2.45) is 0 Å². The molecule has 0 saturated carbocycles. The molecule has 2 N–H and O–H groups in total. The SMILES string of the molecule is CCNCNc1cccc([SiH3])c1C(C)C. The number of hydrogen-bond acceptors (Lipinski definition) is 2. The van der Waals surface area contributed by atoms with Gasteiger partial charge in [-0.25, -0.2) is 0 Å². The molecular formula is C12H22N2Si. The van der Waals surface area contributed by atoms with Gasteiger partial charge in [-0.3, -0.25) is 0 Å². The Hall–Kier alpha value is -0.803. The van der Waals surface area contributed by atoms with Gasteiger partial charge in [-0.05, 0) is 24.1 Å². The van der Waals surface area contributed by atoms with Crippen molar-refractivity contribution in [2.45, 2.75) is 26.7 Å². The zero-order chi connectivity index (χ0) is 11.3. The molecule has 0 aliphatic heterocycles. The molecule has 0 amide bonds. The van der Waals surface area contributed by atoms with E-state index in [0.717, 1.165) is 23.5 Å². The van der Waals surface area contributed by atoms with Crippen molar-refractivity contribution in [2.75, 3.05) is 18.5 Å². The van der Waals surface area contributed by atoms with Crippen molar-refractivity contribution in [1.82, 2.24) is 5.32 Å². The molecule has 0 saturated heterocycles. The average Bonchev–Trinajstić information content (AvgIpc) is 2.17. The summed E-state index contributed by atoms with van der Waals surface area (Å²) >= 11 is 0. The molecular weight excluding hydrogens is 200 g/mol. The zero-order valence-electron chi connectivity index (χ0n) is 10.2. The number of hydrogen-bond donors (Lipinski definition) is 2. The first-order valence-electron chi connectivity index (χ1n) is 5.71. The molecule has 2 nitrogen and oxygen atoms in total. The fourth-order valence-corrected chi connectivity index (χ4v) is 2.92. The predicted octanol–water partition coefficient (Wildman–Crippen LogP) is 0.780. The molecule has 0 aromatic heterocycles. The van der Waals surface area contributed by atoms with Gasteiger partial charge in [0.05, 0.1) is 6.67 Å². The second kappa shape index (κ2) is 5.93. The Labute approximate surface area is 95.9 Å². The van der Waals surface area contributed by atoms with Crippen LogP contribution in [0.2, 0.25) is 0 Å². The zero-order valence-corrected chi connectivity index (χ0v) is 12.2. The van der Waals surface area contributed by atoms with Crippen LogP contribution in [-0.2, 0) is 0 Å². The van der Waals surface area contributed by atoms with E-state index in [1.165, 1.54) is 16.4 Å². The fraction of sp³-hybridized carbons (Fsp3) is 0.500. The Morgan fingerprint density at radius 1 is 1.33 bits per heavy atom. The van der Waals surface area contributed by atoms with Crippen LogP contribution in [0, 0.1) is 0 Å². The van der Waals surface area contributed by atoms with Crippen molar-refractivity contribution < 1.29 is 0 Å². The lowest BCUT2D eigenvalue weighted by molar-refractivity contribution is 0.767. The van der Waals surface area contributed by atoms with Crippen LogP contribution in [0.3, 0.4) is 0 Å². The molecule has 0 spiro atoms. The van der Waals surface area contributed by atoms with Gasteiger partial charge in [-0.1, -0.05) is 38.1 Å². The van der Waals surface area contributed by atoms with Crippen molar-refractivity contribution in [3.8, 4) is 0 Å². The Morgan fingerprint density at radius 3 is 2.67 bits per heavy atom. The van der Waals surface area contributed by atoms with Crippen LogP contribution in [0.5, 0.6) is 0 Å². The molecule has 3 heteroatoms. The molecule has 0 fully saturated rings. The second-order valence-electron chi connectivity index (χ2n) is 4.15.